The van der Waals surface area contributed by atoms with Gasteiger partial charge in [0.2, 0.25) is 10.0 Å². The van der Waals surface area contributed by atoms with Crippen LogP contribution >= 0.6 is 0 Å². The molecule has 32 heavy (non-hydrogen) atoms. The third-order valence-electron chi connectivity index (χ3n) is 7.00. The first-order valence-electron chi connectivity index (χ1n) is 11.7. The Morgan fingerprint density at radius 1 is 1.06 bits per heavy atom. The van der Waals surface area contributed by atoms with Crippen molar-refractivity contribution in [2.24, 2.45) is 11.8 Å². The summed E-state index contributed by atoms with van der Waals surface area (Å²) in [6.45, 7) is 8.09. The summed E-state index contributed by atoms with van der Waals surface area (Å²) in [6, 6.07) is 5.27. The molecule has 1 saturated carbocycles. The molecule has 1 aromatic carbocycles. The number of ether oxygens (including phenoxy) is 1. The summed E-state index contributed by atoms with van der Waals surface area (Å²) < 4.78 is 32.8. The molecule has 1 N–H and O–H groups in total. The molecular formula is C24H36N2O5S. The van der Waals surface area contributed by atoms with Crippen molar-refractivity contribution in [3.8, 4) is 0 Å². The minimum atomic E-state index is -3.59. The lowest BCUT2D eigenvalue weighted by atomic mass is 9.86. The molecule has 1 aliphatic carbocycles. The minimum absolute atomic E-state index is 0.135. The topological polar surface area (TPSA) is 92.8 Å². The number of hydrogen-bond donors (Lipinski definition) is 1. The molecule has 1 aromatic rings. The van der Waals surface area contributed by atoms with Crippen LogP contribution in [-0.4, -0.2) is 49.8 Å². The molecule has 0 bridgehead atoms. The van der Waals surface area contributed by atoms with Crippen LogP contribution in [0.25, 0.3) is 0 Å². The highest BCUT2D eigenvalue weighted by Gasteiger charge is 2.34. The first kappa shape index (κ1) is 24.7. The van der Waals surface area contributed by atoms with Crippen molar-refractivity contribution in [3.05, 3.63) is 29.3 Å². The number of sulfonamides is 1. The summed E-state index contributed by atoms with van der Waals surface area (Å²) in [4.78, 5) is 25.4. The lowest BCUT2D eigenvalue weighted by Crippen LogP contribution is -2.47. The first-order valence-corrected chi connectivity index (χ1v) is 13.1. The Balaban J connectivity index is 1.51. The summed E-state index contributed by atoms with van der Waals surface area (Å²) >= 11 is 0. The summed E-state index contributed by atoms with van der Waals surface area (Å²) in [5.74, 6) is -0.649. The predicted octanol–water partition coefficient (Wildman–Crippen LogP) is 3.33. The van der Waals surface area contributed by atoms with Gasteiger partial charge in [0.05, 0.1) is 10.8 Å². The number of nitrogens with one attached hydrogen (secondary N) is 1. The molecule has 0 unspecified atom stereocenters. The van der Waals surface area contributed by atoms with Gasteiger partial charge in [0.1, 0.15) is 0 Å². The molecule has 1 saturated heterocycles. The number of aryl methyl sites for hydroxylation is 2. The molecule has 2 aliphatic rings. The fourth-order valence-corrected chi connectivity index (χ4v) is 6.07. The van der Waals surface area contributed by atoms with E-state index in [0.717, 1.165) is 30.4 Å². The van der Waals surface area contributed by atoms with Gasteiger partial charge < -0.3 is 10.1 Å². The Morgan fingerprint density at radius 3 is 2.34 bits per heavy atom. The number of esters is 1. The highest BCUT2D eigenvalue weighted by Crippen LogP contribution is 2.27. The van der Waals surface area contributed by atoms with E-state index in [4.69, 9.17) is 4.74 Å². The highest BCUT2D eigenvalue weighted by atomic mass is 32.2. The van der Waals surface area contributed by atoms with Crippen LogP contribution in [0.2, 0.25) is 0 Å². The number of benzene rings is 1. The third kappa shape index (κ3) is 5.70. The van der Waals surface area contributed by atoms with E-state index in [1.54, 1.807) is 19.1 Å². The Hall–Kier alpha value is -1.93. The van der Waals surface area contributed by atoms with Gasteiger partial charge in [-0.25, -0.2) is 8.42 Å². The van der Waals surface area contributed by atoms with Gasteiger partial charge in [-0.05, 0) is 75.6 Å². The Morgan fingerprint density at radius 2 is 1.72 bits per heavy atom. The van der Waals surface area contributed by atoms with Gasteiger partial charge in [-0.2, -0.15) is 4.31 Å². The molecule has 0 radical (unpaired) electrons. The third-order valence-corrected chi connectivity index (χ3v) is 8.90. The number of rotatable bonds is 6. The van der Waals surface area contributed by atoms with Crippen LogP contribution in [0.5, 0.6) is 0 Å². The maximum Gasteiger partial charge on any atom is 0.309 e. The zero-order chi connectivity index (χ0) is 23.5. The Kier molecular flexibility index (Phi) is 7.98. The average molecular weight is 465 g/mol. The second kappa shape index (κ2) is 10.3. The number of piperidine rings is 1. The standard InChI is InChI=1S/C24H36N2O5S/c1-16-9-10-21(15-18(16)3)32(29,30)26-13-11-20(12-14-26)24(28)31-19(4)23(27)25-22-8-6-5-7-17(22)2/h9-10,15,17,19-20,22H,5-8,11-14H2,1-4H3,(H,25,27)/t17-,19+,22-/m0/s1. The Labute approximate surface area is 191 Å². The molecule has 1 aliphatic heterocycles. The lowest BCUT2D eigenvalue weighted by Gasteiger charge is -2.32. The second-order valence-corrected chi connectivity index (χ2v) is 11.3. The predicted molar refractivity (Wildman–Crippen MR) is 123 cm³/mol. The van der Waals surface area contributed by atoms with Crippen molar-refractivity contribution in [3.63, 3.8) is 0 Å². The van der Waals surface area contributed by atoms with Crippen molar-refractivity contribution in [2.75, 3.05) is 13.1 Å². The van der Waals surface area contributed by atoms with E-state index < -0.39 is 28.0 Å². The summed E-state index contributed by atoms with van der Waals surface area (Å²) in [5, 5.41) is 3.03. The van der Waals surface area contributed by atoms with Crippen LogP contribution in [0.3, 0.4) is 0 Å². The molecule has 3 atom stereocenters. The molecule has 178 valence electrons. The first-order chi connectivity index (χ1) is 15.1. The van der Waals surface area contributed by atoms with Gasteiger partial charge >= 0.3 is 5.97 Å². The number of hydrogen-bond acceptors (Lipinski definition) is 5. The number of nitrogens with zero attached hydrogens (tertiary/aromatic N) is 1. The Bertz CT molecular complexity index is 938. The van der Waals surface area contributed by atoms with Crippen molar-refractivity contribution in [1.29, 1.82) is 0 Å². The van der Waals surface area contributed by atoms with Gasteiger partial charge in [0.15, 0.2) is 6.10 Å². The molecule has 1 heterocycles. The SMILES string of the molecule is Cc1ccc(S(=O)(=O)N2CCC(C(=O)O[C@H](C)C(=O)N[C@H]3CCCC[C@@H]3C)CC2)cc1C. The van der Waals surface area contributed by atoms with E-state index in [0.29, 0.717) is 18.8 Å². The van der Waals surface area contributed by atoms with Crippen LogP contribution in [0, 0.1) is 25.7 Å². The highest BCUT2D eigenvalue weighted by molar-refractivity contribution is 7.89. The second-order valence-electron chi connectivity index (χ2n) is 9.38. The fourth-order valence-electron chi connectivity index (χ4n) is 4.51. The lowest BCUT2D eigenvalue weighted by molar-refractivity contribution is -0.160. The monoisotopic (exact) mass is 464 g/mol. The van der Waals surface area contributed by atoms with E-state index >= 15 is 0 Å². The summed E-state index contributed by atoms with van der Waals surface area (Å²) in [7, 11) is -3.59. The van der Waals surface area contributed by atoms with Crippen LogP contribution in [0.4, 0.5) is 0 Å². The van der Waals surface area contributed by atoms with Crippen molar-refractivity contribution < 1.29 is 22.7 Å². The smallest absolute Gasteiger partial charge is 0.309 e. The van der Waals surface area contributed by atoms with Crippen molar-refractivity contribution in [2.45, 2.75) is 83.3 Å². The van der Waals surface area contributed by atoms with Crippen LogP contribution in [0.1, 0.15) is 63.5 Å². The van der Waals surface area contributed by atoms with Crippen molar-refractivity contribution >= 4 is 21.9 Å². The maximum absolute atomic E-state index is 13.0. The molecule has 0 spiro atoms. The van der Waals surface area contributed by atoms with Crippen LogP contribution < -0.4 is 5.32 Å². The summed E-state index contributed by atoms with van der Waals surface area (Å²) in [5.41, 5.74) is 1.97. The van der Waals surface area contributed by atoms with E-state index in [1.807, 2.05) is 19.9 Å². The molecular weight excluding hydrogens is 428 g/mol. The zero-order valence-electron chi connectivity index (χ0n) is 19.6. The van der Waals surface area contributed by atoms with E-state index in [2.05, 4.69) is 12.2 Å². The minimum Gasteiger partial charge on any atom is -0.452 e. The molecule has 1 amide bonds. The van der Waals surface area contributed by atoms with Crippen molar-refractivity contribution in [1.82, 2.24) is 9.62 Å². The van der Waals surface area contributed by atoms with Crippen LogP contribution in [-0.2, 0) is 24.3 Å². The number of carbonyl (C=O) groups excluding carboxylic acids is 2. The summed E-state index contributed by atoms with van der Waals surface area (Å²) in [6.07, 6.45) is 4.27. The quantitative estimate of drug-likeness (QED) is 0.652. The largest absolute Gasteiger partial charge is 0.452 e. The van der Waals surface area contributed by atoms with E-state index in [9.17, 15) is 18.0 Å². The molecule has 3 rings (SSSR count). The fraction of sp³-hybridized carbons (Fsp3) is 0.667. The van der Waals surface area contributed by atoms with Gasteiger partial charge in [-0.1, -0.05) is 25.8 Å². The normalized spacial score (nSPS) is 24.0. The van der Waals surface area contributed by atoms with E-state index in [-0.39, 0.29) is 29.9 Å². The molecule has 8 heteroatoms. The zero-order valence-corrected chi connectivity index (χ0v) is 20.4. The van der Waals surface area contributed by atoms with Crippen LogP contribution in [0.15, 0.2) is 23.1 Å². The molecule has 2 fully saturated rings. The van der Waals surface area contributed by atoms with E-state index in [1.165, 1.54) is 10.7 Å². The van der Waals surface area contributed by atoms with Gasteiger partial charge in [0.25, 0.3) is 5.91 Å². The van der Waals surface area contributed by atoms with Gasteiger partial charge in [0, 0.05) is 19.1 Å². The average Bonchev–Trinajstić information content (AvgIpc) is 2.77. The molecule has 0 aromatic heterocycles. The maximum atomic E-state index is 13.0. The number of amides is 1. The molecule has 7 nitrogen and oxygen atoms in total. The van der Waals surface area contributed by atoms with Gasteiger partial charge in [-0.15, -0.1) is 0 Å². The number of carbonyl (C=O) groups is 2. The van der Waals surface area contributed by atoms with Gasteiger partial charge in [-0.3, -0.25) is 9.59 Å².